The van der Waals surface area contributed by atoms with Gasteiger partial charge in [0.15, 0.2) is 0 Å². The van der Waals surface area contributed by atoms with E-state index in [1.165, 1.54) is 12.1 Å². The fourth-order valence-electron chi connectivity index (χ4n) is 1.71. The summed E-state index contributed by atoms with van der Waals surface area (Å²) in [5.41, 5.74) is -0.307. The molecule has 0 aliphatic carbocycles. The lowest BCUT2D eigenvalue weighted by molar-refractivity contribution is 0.514. The van der Waals surface area contributed by atoms with Crippen molar-refractivity contribution >= 4 is 0 Å². The normalized spacial score (nSPS) is 10.7. The van der Waals surface area contributed by atoms with Crippen molar-refractivity contribution < 1.29 is 17.6 Å². The van der Waals surface area contributed by atoms with Crippen molar-refractivity contribution in [2.45, 2.75) is 13.1 Å². The van der Waals surface area contributed by atoms with E-state index in [1.54, 1.807) is 0 Å². The molecule has 0 fully saturated rings. The maximum absolute atomic E-state index is 13.3. The van der Waals surface area contributed by atoms with Crippen LogP contribution in [-0.2, 0) is 13.1 Å². The molecule has 100 valence electrons. The molecule has 2 aromatic carbocycles. The standard InChI is InChI=1S/C14H11F4N/c15-11-3-1-4-12(16)9(11)7-19-8-10-13(17)5-2-6-14(10)18/h1-6,19H,7-8H2. The molecule has 0 saturated carbocycles. The smallest absolute Gasteiger partial charge is 0.130 e. The maximum atomic E-state index is 13.3. The third kappa shape index (κ3) is 3.12. The molecule has 0 spiro atoms. The molecular weight excluding hydrogens is 258 g/mol. The van der Waals surface area contributed by atoms with Crippen LogP contribution in [0.15, 0.2) is 36.4 Å². The van der Waals surface area contributed by atoms with Gasteiger partial charge in [0.05, 0.1) is 0 Å². The van der Waals surface area contributed by atoms with E-state index in [2.05, 4.69) is 5.32 Å². The zero-order valence-corrected chi connectivity index (χ0v) is 9.89. The highest BCUT2D eigenvalue weighted by molar-refractivity contribution is 5.21. The van der Waals surface area contributed by atoms with Gasteiger partial charge in [0, 0.05) is 24.2 Å². The van der Waals surface area contributed by atoms with Crippen LogP contribution in [0.1, 0.15) is 11.1 Å². The van der Waals surface area contributed by atoms with Gasteiger partial charge < -0.3 is 5.32 Å². The van der Waals surface area contributed by atoms with E-state index in [1.807, 2.05) is 0 Å². The summed E-state index contributed by atoms with van der Waals surface area (Å²) in [4.78, 5) is 0. The Balaban J connectivity index is 2.05. The number of hydrogen-bond acceptors (Lipinski definition) is 1. The zero-order valence-electron chi connectivity index (χ0n) is 9.89. The first-order valence-corrected chi connectivity index (χ1v) is 5.66. The second kappa shape index (κ2) is 5.84. The van der Waals surface area contributed by atoms with Gasteiger partial charge in [0.25, 0.3) is 0 Å². The summed E-state index contributed by atoms with van der Waals surface area (Å²) in [7, 11) is 0. The van der Waals surface area contributed by atoms with Gasteiger partial charge in [0.1, 0.15) is 23.3 Å². The third-order valence-corrected chi connectivity index (χ3v) is 2.73. The maximum Gasteiger partial charge on any atom is 0.130 e. The molecule has 1 nitrogen and oxygen atoms in total. The predicted octanol–water partition coefficient (Wildman–Crippen LogP) is 3.53. The van der Waals surface area contributed by atoms with Crippen molar-refractivity contribution in [2.24, 2.45) is 0 Å². The average molecular weight is 269 g/mol. The molecule has 0 heterocycles. The molecular formula is C14H11F4N. The van der Waals surface area contributed by atoms with E-state index in [4.69, 9.17) is 0 Å². The summed E-state index contributed by atoms with van der Waals surface area (Å²) in [6.07, 6.45) is 0. The molecule has 0 unspecified atom stereocenters. The third-order valence-electron chi connectivity index (χ3n) is 2.73. The van der Waals surface area contributed by atoms with Crippen LogP contribution in [0.4, 0.5) is 17.6 Å². The van der Waals surface area contributed by atoms with Crippen LogP contribution in [-0.4, -0.2) is 0 Å². The van der Waals surface area contributed by atoms with Gasteiger partial charge in [-0.15, -0.1) is 0 Å². The van der Waals surface area contributed by atoms with Gasteiger partial charge in [-0.1, -0.05) is 12.1 Å². The Morgan fingerprint density at radius 3 is 1.26 bits per heavy atom. The van der Waals surface area contributed by atoms with Crippen molar-refractivity contribution in [2.75, 3.05) is 0 Å². The Bertz CT molecular complexity index is 492. The summed E-state index contributed by atoms with van der Waals surface area (Å²) in [5, 5.41) is 2.62. The number of benzene rings is 2. The number of halogens is 4. The van der Waals surface area contributed by atoms with Gasteiger partial charge in [-0.25, -0.2) is 17.6 Å². The summed E-state index contributed by atoms with van der Waals surface area (Å²) in [6, 6.07) is 7.02. The Labute approximate surface area is 107 Å². The quantitative estimate of drug-likeness (QED) is 0.837. The molecule has 0 atom stereocenters. The van der Waals surface area contributed by atoms with E-state index in [-0.39, 0.29) is 24.2 Å². The fourth-order valence-corrected chi connectivity index (χ4v) is 1.71. The molecule has 0 saturated heterocycles. The highest BCUT2D eigenvalue weighted by Gasteiger charge is 2.10. The molecule has 1 N–H and O–H groups in total. The van der Waals surface area contributed by atoms with Gasteiger partial charge >= 0.3 is 0 Å². The van der Waals surface area contributed by atoms with Crippen molar-refractivity contribution in [3.05, 3.63) is 70.8 Å². The molecule has 0 bridgehead atoms. The summed E-state index contributed by atoms with van der Waals surface area (Å²) in [5.74, 6) is -2.77. The molecule has 0 amide bonds. The molecule has 0 aromatic heterocycles. The van der Waals surface area contributed by atoms with Gasteiger partial charge in [0.2, 0.25) is 0 Å². The molecule has 19 heavy (non-hydrogen) atoms. The highest BCUT2D eigenvalue weighted by Crippen LogP contribution is 2.14. The first-order chi connectivity index (χ1) is 9.09. The molecule has 2 aromatic rings. The van der Waals surface area contributed by atoms with Crippen LogP contribution < -0.4 is 5.32 Å². The Kier molecular flexibility index (Phi) is 4.16. The van der Waals surface area contributed by atoms with Crippen LogP contribution in [0.25, 0.3) is 0 Å². The topological polar surface area (TPSA) is 12.0 Å². The van der Waals surface area contributed by atoms with Gasteiger partial charge in [-0.05, 0) is 24.3 Å². The first kappa shape index (κ1) is 13.5. The first-order valence-electron chi connectivity index (χ1n) is 5.66. The Morgan fingerprint density at radius 2 is 0.947 bits per heavy atom. The fraction of sp³-hybridized carbons (Fsp3) is 0.143. The van der Waals surface area contributed by atoms with E-state index in [0.717, 1.165) is 24.3 Å². The predicted molar refractivity (Wildman–Crippen MR) is 63.3 cm³/mol. The lowest BCUT2D eigenvalue weighted by Gasteiger charge is -2.08. The summed E-state index contributed by atoms with van der Waals surface area (Å²) < 4.78 is 53.2. The second-order valence-electron chi connectivity index (χ2n) is 4.00. The minimum absolute atomic E-state index is 0.147. The van der Waals surface area contributed by atoms with Crippen molar-refractivity contribution in [1.82, 2.24) is 5.32 Å². The van der Waals surface area contributed by atoms with E-state index < -0.39 is 23.3 Å². The minimum atomic E-state index is -0.693. The lowest BCUT2D eigenvalue weighted by Crippen LogP contribution is -2.17. The van der Waals surface area contributed by atoms with Gasteiger partial charge in [-0.2, -0.15) is 0 Å². The molecule has 0 radical (unpaired) electrons. The largest absolute Gasteiger partial charge is 0.308 e. The zero-order chi connectivity index (χ0) is 13.8. The van der Waals surface area contributed by atoms with Crippen LogP contribution in [0, 0.1) is 23.3 Å². The van der Waals surface area contributed by atoms with Crippen LogP contribution in [0.2, 0.25) is 0 Å². The number of hydrogen-bond donors (Lipinski definition) is 1. The van der Waals surface area contributed by atoms with E-state index in [9.17, 15) is 17.6 Å². The number of nitrogens with one attached hydrogen (secondary N) is 1. The molecule has 2 rings (SSSR count). The van der Waals surface area contributed by atoms with E-state index >= 15 is 0 Å². The molecule has 0 aliphatic rings. The summed E-state index contributed by atoms with van der Waals surface area (Å²) >= 11 is 0. The molecule has 5 heteroatoms. The van der Waals surface area contributed by atoms with Crippen LogP contribution in [0.3, 0.4) is 0 Å². The SMILES string of the molecule is Fc1cccc(F)c1CNCc1c(F)cccc1F. The van der Waals surface area contributed by atoms with Crippen molar-refractivity contribution in [3.8, 4) is 0 Å². The van der Waals surface area contributed by atoms with Crippen molar-refractivity contribution in [1.29, 1.82) is 0 Å². The lowest BCUT2D eigenvalue weighted by atomic mass is 10.1. The second-order valence-corrected chi connectivity index (χ2v) is 4.00. The van der Waals surface area contributed by atoms with Gasteiger partial charge in [-0.3, -0.25) is 0 Å². The minimum Gasteiger partial charge on any atom is -0.308 e. The monoisotopic (exact) mass is 269 g/mol. The Hall–Kier alpha value is -1.88. The summed E-state index contributed by atoms with van der Waals surface area (Å²) in [6.45, 7) is -0.293. The van der Waals surface area contributed by atoms with Crippen LogP contribution in [0.5, 0.6) is 0 Å². The van der Waals surface area contributed by atoms with Crippen LogP contribution >= 0.6 is 0 Å². The number of rotatable bonds is 4. The average Bonchev–Trinajstić information content (AvgIpc) is 2.36. The van der Waals surface area contributed by atoms with E-state index in [0.29, 0.717) is 0 Å². The Morgan fingerprint density at radius 1 is 0.632 bits per heavy atom. The molecule has 0 aliphatic heterocycles. The highest BCUT2D eigenvalue weighted by atomic mass is 19.1. The van der Waals surface area contributed by atoms with Crippen molar-refractivity contribution in [3.63, 3.8) is 0 Å².